The van der Waals surface area contributed by atoms with E-state index in [9.17, 15) is 13.2 Å². The third kappa shape index (κ3) is 5.99. The Kier molecular flexibility index (Phi) is 7.97. The maximum atomic E-state index is 12.6. The van der Waals surface area contributed by atoms with Crippen molar-refractivity contribution in [1.82, 2.24) is 4.72 Å². The molecule has 1 saturated carbocycles. The fourth-order valence-corrected chi connectivity index (χ4v) is 5.45. The van der Waals surface area contributed by atoms with E-state index >= 15 is 0 Å². The Morgan fingerprint density at radius 2 is 1.74 bits per heavy atom. The number of carbonyl (C=O) groups is 1. The van der Waals surface area contributed by atoms with Crippen LogP contribution in [0.3, 0.4) is 0 Å². The number of hydrogen-bond acceptors (Lipinski definition) is 4. The van der Waals surface area contributed by atoms with Gasteiger partial charge in [-0.05, 0) is 55.0 Å². The molecule has 0 spiro atoms. The summed E-state index contributed by atoms with van der Waals surface area (Å²) in [6.07, 6.45) is 5.38. The SMILES string of the molecule is CCc1cccc(CC)c1NC(=O)COc1ccc(S(=O)(=O)NC2CCCC2)cc1Cl. The predicted octanol–water partition coefficient (Wildman–Crippen LogP) is 4.70. The molecule has 3 rings (SSSR count). The highest BCUT2D eigenvalue weighted by Gasteiger charge is 2.23. The standard InChI is InChI=1S/C23H29ClN2O4S/c1-3-16-8-7-9-17(4-2)23(16)25-22(27)15-30-21-13-12-19(14-20(21)24)31(28,29)26-18-10-5-6-11-18/h7-9,12-14,18,26H,3-6,10-11,15H2,1-2H3,(H,25,27). The Balaban J connectivity index is 1.64. The van der Waals surface area contributed by atoms with Gasteiger partial charge in [0.05, 0.1) is 9.92 Å². The molecule has 31 heavy (non-hydrogen) atoms. The van der Waals surface area contributed by atoms with Crippen molar-refractivity contribution in [2.45, 2.75) is 63.3 Å². The van der Waals surface area contributed by atoms with Crippen molar-refractivity contribution in [3.05, 3.63) is 52.5 Å². The minimum absolute atomic E-state index is 0.0255. The number of anilines is 1. The van der Waals surface area contributed by atoms with E-state index in [0.717, 1.165) is 55.3 Å². The van der Waals surface area contributed by atoms with Crippen LogP contribution in [0.15, 0.2) is 41.3 Å². The van der Waals surface area contributed by atoms with Crippen molar-refractivity contribution in [1.29, 1.82) is 0 Å². The molecule has 0 saturated heterocycles. The normalized spacial score (nSPS) is 14.5. The molecular weight excluding hydrogens is 436 g/mol. The molecule has 0 heterocycles. The van der Waals surface area contributed by atoms with Gasteiger partial charge in [0, 0.05) is 11.7 Å². The molecule has 1 aliphatic carbocycles. The molecule has 0 aromatic heterocycles. The lowest BCUT2D eigenvalue weighted by molar-refractivity contribution is -0.118. The molecule has 0 unspecified atom stereocenters. The van der Waals surface area contributed by atoms with Gasteiger partial charge in [-0.2, -0.15) is 0 Å². The van der Waals surface area contributed by atoms with E-state index in [1.54, 1.807) is 0 Å². The van der Waals surface area contributed by atoms with Crippen LogP contribution in [0.1, 0.15) is 50.7 Å². The Morgan fingerprint density at radius 3 is 2.32 bits per heavy atom. The lowest BCUT2D eigenvalue weighted by Gasteiger charge is -2.15. The number of benzene rings is 2. The van der Waals surface area contributed by atoms with Gasteiger partial charge >= 0.3 is 0 Å². The first-order valence-corrected chi connectivity index (χ1v) is 12.6. The summed E-state index contributed by atoms with van der Waals surface area (Å²) in [5, 5.41) is 3.08. The third-order valence-electron chi connectivity index (χ3n) is 5.51. The van der Waals surface area contributed by atoms with Crippen molar-refractivity contribution < 1.29 is 17.9 Å². The summed E-state index contributed by atoms with van der Waals surface area (Å²) in [4.78, 5) is 12.6. The average Bonchev–Trinajstić information content (AvgIpc) is 3.25. The summed E-state index contributed by atoms with van der Waals surface area (Å²) in [5.41, 5.74) is 2.96. The molecule has 8 heteroatoms. The number of hydrogen-bond donors (Lipinski definition) is 2. The van der Waals surface area contributed by atoms with Crippen LogP contribution in [-0.4, -0.2) is 27.0 Å². The minimum Gasteiger partial charge on any atom is -0.482 e. The molecule has 0 aliphatic heterocycles. The van der Waals surface area contributed by atoms with Gasteiger partial charge in [-0.25, -0.2) is 13.1 Å². The molecular formula is C23H29ClN2O4S. The molecule has 1 aliphatic rings. The third-order valence-corrected chi connectivity index (χ3v) is 7.33. The van der Waals surface area contributed by atoms with E-state index in [1.807, 2.05) is 32.0 Å². The first-order valence-electron chi connectivity index (χ1n) is 10.7. The van der Waals surface area contributed by atoms with E-state index < -0.39 is 10.0 Å². The lowest BCUT2D eigenvalue weighted by atomic mass is 10.0. The van der Waals surface area contributed by atoms with Crippen LogP contribution >= 0.6 is 11.6 Å². The first-order chi connectivity index (χ1) is 14.8. The van der Waals surface area contributed by atoms with Gasteiger partial charge in [0.2, 0.25) is 10.0 Å². The van der Waals surface area contributed by atoms with Crippen LogP contribution in [0.5, 0.6) is 5.75 Å². The van der Waals surface area contributed by atoms with Gasteiger partial charge in [-0.3, -0.25) is 4.79 Å². The zero-order valence-electron chi connectivity index (χ0n) is 17.9. The maximum Gasteiger partial charge on any atom is 0.262 e. The molecule has 2 N–H and O–H groups in total. The van der Waals surface area contributed by atoms with Crippen LogP contribution in [0.4, 0.5) is 5.69 Å². The van der Waals surface area contributed by atoms with Crippen molar-refractivity contribution in [2.24, 2.45) is 0 Å². The number of amides is 1. The van der Waals surface area contributed by atoms with Crippen LogP contribution in [0.25, 0.3) is 0 Å². The molecule has 1 fully saturated rings. The number of nitrogens with one attached hydrogen (secondary N) is 2. The maximum absolute atomic E-state index is 12.6. The number of para-hydroxylation sites is 1. The van der Waals surface area contributed by atoms with E-state index in [2.05, 4.69) is 10.0 Å². The molecule has 0 atom stereocenters. The van der Waals surface area contributed by atoms with Gasteiger partial charge in [-0.15, -0.1) is 0 Å². The highest BCUT2D eigenvalue weighted by atomic mass is 35.5. The van der Waals surface area contributed by atoms with Gasteiger partial charge in [0.15, 0.2) is 6.61 Å². The second-order valence-corrected chi connectivity index (χ2v) is 9.81. The molecule has 2 aromatic rings. The molecule has 0 bridgehead atoms. The fourth-order valence-electron chi connectivity index (χ4n) is 3.82. The smallest absolute Gasteiger partial charge is 0.262 e. The second-order valence-electron chi connectivity index (χ2n) is 7.69. The molecule has 1 amide bonds. The van der Waals surface area contributed by atoms with Crippen molar-refractivity contribution in [3.8, 4) is 5.75 Å². The first kappa shape index (κ1) is 23.6. The van der Waals surface area contributed by atoms with Crippen molar-refractivity contribution in [2.75, 3.05) is 11.9 Å². The molecule has 6 nitrogen and oxygen atoms in total. The number of aryl methyl sites for hydroxylation is 2. The van der Waals surface area contributed by atoms with Crippen molar-refractivity contribution in [3.63, 3.8) is 0 Å². The molecule has 0 radical (unpaired) electrons. The van der Waals surface area contributed by atoms with Crippen LogP contribution < -0.4 is 14.8 Å². The number of rotatable bonds is 9. The quantitative estimate of drug-likeness (QED) is 0.563. The summed E-state index contributed by atoms with van der Waals surface area (Å²) in [6, 6.07) is 10.2. The largest absolute Gasteiger partial charge is 0.482 e. The summed E-state index contributed by atoms with van der Waals surface area (Å²) < 4.78 is 33.4. The zero-order chi connectivity index (χ0) is 22.4. The highest BCUT2D eigenvalue weighted by Crippen LogP contribution is 2.29. The molecule has 168 valence electrons. The van der Waals surface area contributed by atoms with Crippen LogP contribution in [0, 0.1) is 0 Å². The Bertz CT molecular complexity index is 1010. The monoisotopic (exact) mass is 464 g/mol. The summed E-state index contributed by atoms with van der Waals surface area (Å²) in [7, 11) is -3.64. The van der Waals surface area contributed by atoms with Crippen LogP contribution in [-0.2, 0) is 27.7 Å². The van der Waals surface area contributed by atoms with Gasteiger partial charge < -0.3 is 10.1 Å². The summed E-state index contributed by atoms with van der Waals surface area (Å²) in [5.74, 6) is -0.0395. The van der Waals surface area contributed by atoms with Crippen LogP contribution in [0.2, 0.25) is 5.02 Å². The second kappa shape index (κ2) is 10.5. The van der Waals surface area contributed by atoms with E-state index in [-0.39, 0.29) is 34.2 Å². The topological polar surface area (TPSA) is 84.5 Å². The molecule has 2 aromatic carbocycles. The Labute approximate surface area is 189 Å². The lowest BCUT2D eigenvalue weighted by Crippen LogP contribution is -2.32. The van der Waals surface area contributed by atoms with Crippen molar-refractivity contribution >= 4 is 33.2 Å². The Hall–Kier alpha value is -2.09. The number of sulfonamides is 1. The summed E-state index contributed by atoms with van der Waals surface area (Å²) in [6.45, 7) is 3.85. The van der Waals surface area contributed by atoms with Gasteiger partial charge in [-0.1, -0.05) is 56.5 Å². The van der Waals surface area contributed by atoms with E-state index in [4.69, 9.17) is 16.3 Å². The number of halogens is 1. The Morgan fingerprint density at radius 1 is 1.10 bits per heavy atom. The number of ether oxygens (including phenoxy) is 1. The zero-order valence-corrected chi connectivity index (χ0v) is 19.5. The van der Waals surface area contributed by atoms with E-state index in [1.165, 1.54) is 18.2 Å². The minimum atomic E-state index is -3.64. The van der Waals surface area contributed by atoms with E-state index in [0.29, 0.717) is 0 Å². The number of carbonyl (C=O) groups excluding carboxylic acids is 1. The van der Waals surface area contributed by atoms with Gasteiger partial charge in [0.1, 0.15) is 5.75 Å². The summed E-state index contributed by atoms with van der Waals surface area (Å²) >= 11 is 6.24. The van der Waals surface area contributed by atoms with Gasteiger partial charge in [0.25, 0.3) is 5.91 Å². The fraction of sp³-hybridized carbons (Fsp3) is 0.435. The predicted molar refractivity (Wildman–Crippen MR) is 123 cm³/mol. The average molecular weight is 465 g/mol. The highest BCUT2D eigenvalue weighted by molar-refractivity contribution is 7.89.